The number of benzene rings is 2. The average molecular weight is 370 g/mol. The fraction of sp³-hybridized carbons (Fsp3) is 0.417. The van der Waals surface area contributed by atoms with Crippen molar-refractivity contribution in [2.75, 3.05) is 6.61 Å². The van der Waals surface area contributed by atoms with Crippen LogP contribution in [0.3, 0.4) is 0 Å². The number of ether oxygens (including phenoxy) is 1. The van der Waals surface area contributed by atoms with Crippen molar-refractivity contribution >= 4 is 0 Å². The Morgan fingerprint density at radius 3 is 2.26 bits per heavy atom. The average Bonchev–Trinajstić information content (AvgIpc) is 2.68. The van der Waals surface area contributed by atoms with Gasteiger partial charge in [0, 0.05) is 17.7 Å². The third-order valence-electron chi connectivity index (χ3n) is 5.50. The molecule has 3 rings (SSSR count). The van der Waals surface area contributed by atoms with Gasteiger partial charge in [0.2, 0.25) is 0 Å². The van der Waals surface area contributed by atoms with Crippen LogP contribution in [0, 0.1) is 11.6 Å². The molecule has 3 heteroatoms. The van der Waals surface area contributed by atoms with E-state index in [1.165, 1.54) is 6.07 Å². The molecule has 0 spiro atoms. The Morgan fingerprint density at radius 1 is 1.00 bits per heavy atom. The van der Waals surface area contributed by atoms with Gasteiger partial charge in [-0.15, -0.1) is 6.58 Å². The van der Waals surface area contributed by atoms with Gasteiger partial charge in [-0.1, -0.05) is 30.3 Å². The van der Waals surface area contributed by atoms with E-state index in [9.17, 15) is 8.78 Å². The fourth-order valence-electron chi connectivity index (χ4n) is 4.00. The summed E-state index contributed by atoms with van der Waals surface area (Å²) in [7, 11) is 0. The Labute approximate surface area is 161 Å². The van der Waals surface area contributed by atoms with Gasteiger partial charge in [0.05, 0.1) is 6.10 Å². The lowest BCUT2D eigenvalue weighted by molar-refractivity contribution is 0.0328. The van der Waals surface area contributed by atoms with Gasteiger partial charge in [-0.2, -0.15) is 0 Å². The highest BCUT2D eigenvalue weighted by Gasteiger charge is 2.23. The number of aryl methyl sites for hydroxylation is 1. The van der Waals surface area contributed by atoms with Gasteiger partial charge in [0.15, 0.2) is 0 Å². The molecule has 0 radical (unpaired) electrons. The van der Waals surface area contributed by atoms with Gasteiger partial charge in [0.25, 0.3) is 0 Å². The lowest BCUT2D eigenvalue weighted by Gasteiger charge is -2.28. The molecule has 0 bridgehead atoms. The standard InChI is InChI=1S/C24H28F2O/c1-3-5-6-17-7-13-21(23(25)15-17)22-14-10-19(16-24(22)26)18-8-11-20(12-9-18)27-4-2/h3,7,10,13-16,18,20H,1,4-6,8-9,11-12H2,2H3. The van der Waals surface area contributed by atoms with Crippen LogP contribution in [0.4, 0.5) is 8.78 Å². The van der Waals surface area contributed by atoms with E-state index in [1.54, 1.807) is 18.2 Å². The van der Waals surface area contributed by atoms with Gasteiger partial charge in [-0.05, 0) is 74.6 Å². The highest BCUT2D eigenvalue weighted by molar-refractivity contribution is 5.65. The number of allylic oxidation sites excluding steroid dienone is 1. The molecule has 2 aromatic carbocycles. The van der Waals surface area contributed by atoms with Crippen molar-refractivity contribution < 1.29 is 13.5 Å². The third kappa shape index (κ3) is 4.84. The van der Waals surface area contributed by atoms with Crippen molar-refractivity contribution in [3.63, 3.8) is 0 Å². The van der Waals surface area contributed by atoms with Crippen LogP contribution in [0.1, 0.15) is 56.1 Å². The number of rotatable bonds is 7. The molecule has 1 saturated carbocycles. The minimum atomic E-state index is -0.375. The Balaban J connectivity index is 1.74. The van der Waals surface area contributed by atoms with Crippen LogP contribution in [-0.2, 0) is 11.2 Å². The summed E-state index contributed by atoms with van der Waals surface area (Å²) >= 11 is 0. The second-order valence-electron chi connectivity index (χ2n) is 7.31. The molecule has 2 aromatic rings. The Morgan fingerprint density at radius 2 is 1.67 bits per heavy atom. The van der Waals surface area contributed by atoms with Crippen LogP contribution in [-0.4, -0.2) is 12.7 Å². The second-order valence-corrected chi connectivity index (χ2v) is 7.31. The number of hydrogen-bond acceptors (Lipinski definition) is 1. The molecule has 0 heterocycles. The SMILES string of the molecule is C=CCCc1ccc(-c2ccc(C3CCC(OCC)CC3)cc2F)c(F)c1. The van der Waals surface area contributed by atoms with Crippen LogP contribution in [0.2, 0.25) is 0 Å². The Bertz CT molecular complexity index is 776. The summed E-state index contributed by atoms with van der Waals surface area (Å²) in [5, 5.41) is 0. The zero-order valence-electron chi connectivity index (χ0n) is 16.0. The lowest BCUT2D eigenvalue weighted by atomic mass is 9.82. The Hall–Kier alpha value is -2.00. The van der Waals surface area contributed by atoms with Crippen molar-refractivity contribution in [2.45, 2.75) is 57.5 Å². The largest absolute Gasteiger partial charge is 0.379 e. The predicted molar refractivity (Wildman–Crippen MR) is 107 cm³/mol. The van der Waals surface area contributed by atoms with Crippen LogP contribution in [0.5, 0.6) is 0 Å². The number of hydrogen-bond donors (Lipinski definition) is 0. The molecule has 0 aliphatic heterocycles. The van der Waals surface area contributed by atoms with Crippen LogP contribution >= 0.6 is 0 Å². The highest BCUT2D eigenvalue weighted by Crippen LogP contribution is 2.36. The van der Waals surface area contributed by atoms with E-state index >= 15 is 0 Å². The molecule has 1 nitrogen and oxygen atoms in total. The molecule has 27 heavy (non-hydrogen) atoms. The topological polar surface area (TPSA) is 9.23 Å². The smallest absolute Gasteiger partial charge is 0.131 e. The van der Waals surface area contributed by atoms with Crippen molar-refractivity contribution in [3.05, 3.63) is 71.8 Å². The summed E-state index contributed by atoms with van der Waals surface area (Å²) in [6, 6.07) is 10.3. The minimum Gasteiger partial charge on any atom is -0.379 e. The molecular weight excluding hydrogens is 342 g/mol. The first-order valence-corrected chi connectivity index (χ1v) is 9.93. The highest BCUT2D eigenvalue weighted by atomic mass is 19.1. The molecule has 0 saturated heterocycles. The molecule has 0 amide bonds. The first kappa shape index (κ1) is 19.8. The van der Waals surface area contributed by atoms with Crippen molar-refractivity contribution in [2.24, 2.45) is 0 Å². The molecule has 1 aliphatic carbocycles. The van der Waals surface area contributed by atoms with Crippen molar-refractivity contribution in [1.82, 2.24) is 0 Å². The molecule has 0 unspecified atom stereocenters. The lowest BCUT2D eigenvalue weighted by Crippen LogP contribution is -2.20. The molecule has 1 aliphatic rings. The first-order valence-electron chi connectivity index (χ1n) is 9.93. The van der Waals surface area contributed by atoms with E-state index < -0.39 is 0 Å². The van der Waals surface area contributed by atoms with E-state index in [2.05, 4.69) is 6.58 Å². The zero-order chi connectivity index (χ0) is 19.2. The molecule has 1 fully saturated rings. The zero-order valence-corrected chi connectivity index (χ0v) is 16.0. The molecule has 0 atom stereocenters. The molecule has 0 aromatic heterocycles. The second kappa shape index (κ2) is 9.27. The Kier molecular flexibility index (Phi) is 6.78. The monoisotopic (exact) mass is 370 g/mol. The van der Waals surface area contributed by atoms with Gasteiger partial charge >= 0.3 is 0 Å². The maximum Gasteiger partial charge on any atom is 0.131 e. The summed E-state index contributed by atoms with van der Waals surface area (Å²) in [5.41, 5.74) is 2.56. The number of halogens is 2. The molecule has 144 valence electrons. The molecular formula is C24H28F2O. The van der Waals surface area contributed by atoms with Gasteiger partial charge < -0.3 is 4.74 Å². The van der Waals surface area contributed by atoms with Crippen LogP contribution in [0.15, 0.2) is 49.1 Å². The van der Waals surface area contributed by atoms with Crippen LogP contribution < -0.4 is 0 Å². The maximum absolute atomic E-state index is 14.8. The fourth-order valence-corrected chi connectivity index (χ4v) is 4.00. The molecule has 0 N–H and O–H groups in total. The van der Waals surface area contributed by atoms with Crippen molar-refractivity contribution in [3.8, 4) is 11.1 Å². The van der Waals surface area contributed by atoms with E-state index in [0.717, 1.165) is 56.3 Å². The van der Waals surface area contributed by atoms with Crippen LogP contribution in [0.25, 0.3) is 11.1 Å². The van der Waals surface area contributed by atoms with E-state index in [4.69, 9.17) is 4.74 Å². The summed E-state index contributed by atoms with van der Waals surface area (Å²) in [6.07, 6.45) is 7.74. The van der Waals surface area contributed by atoms with E-state index in [1.807, 2.05) is 25.1 Å². The third-order valence-corrected chi connectivity index (χ3v) is 5.50. The quantitative estimate of drug-likeness (QED) is 0.486. The van der Waals surface area contributed by atoms with E-state index in [0.29, 0.717) is 23.1 Å². The first-order chi connectivity index (χ1) is 13.1. The normalized spacial score (nSPS) is 19.8. The summed E-state index contributed by atoms with van der Waals surface area (Å²) in [4.78, 5) is 0. The van der Waals surface area contributed by atoms with Crippen molar-refractivity contribution in [1.29, 1.82) is 0 Å². The summed E-state index contributed by atoms with van der Waals surface area (Å²) in [5.74, 6) is -0.367. The van der Waals surface area contributed by atoms with Gasteiger partial charge in [-0.25, -0.2) is 8.78 Å². The summed E-state index contributed by atoms with van der Waals surface area (Å²) in [6.45, 7) is 6.45. The van der Waals surface area contributed by atoms with Gasteiger partial charge in [0.1, 0.15) is 11.6 Å². The van der Waals surface area contributed by atoms with E-state index in [-0.39, 0.29) is 11.6 Å². The van der Waals surface area contributed by atoms with Gasteiger partial charge in [-0.3, -0.25) is 0 Å². The maximum atomic E-state index is 14.8. The predicted octanol–water partition coefficient (Wildman–Crippen LogP) is 6.81. The summed E-state index contributed by atoms with van der Waals surface area (Å²) < 4.78 is 35.0. The minimum absolute atomic E-state index is 0.321.